The molecule has 0 bridgehead atoms. The third-order valence-corrected chi connectivity index (χ3v) is 3.95. The highest BCUT2D eigenvalue weighted by molar-refractivity contribution is 6.07. The van der Waals surface area contributed by atoms with E-state index in [1.54, 1.807) is 55.4 Å². The Morgan fingerprint density at radius 1 is 1.10 bits per heavy atom. The standard InChI is InChI=1S/C21H24N4O4/c1-14(2)22-21(27)23-17-9-7-16(8-10-17)20(26)12-6-15-5-11-18(24(3)4)19(13-15)25(28)29/h5-14H,1-4H3,(H2,22,23,27)/b12-6+. The first kappa shape index (κ1) is 21.6. The average Bonchev–Trinajstić information content (AvgIpc) is 2.65. The Kier molecular flexibility index (Phi) is 7.08. The van der Waals surface area contributed by atoms with E-state index in [2.05, 4.69) is 10.6 Å². The Morgan fingerprint density at radius 2 is 1.76 bits per heavy atom. The minimum atomic E-state index is -0.449. The summed E-state index contributed by atoms with van der Waals surface area (Å²) in [6.45, 7) is 3.71. The van der Waals surface area contributed by atoms with Gasteiger partial charge >= 0.3 is 6.03 Å². The van der Waals surface area contributed by atoms with E-state index < -0.39 is 4.92 Å². The molecule has 0 aromatic heterocycles. The topological polar surface area (TPSA) is 105 Å². The Bertz CT molecular complexity index is 934. The van der Waals surface area contributed by atoms with Crippen molar-refractivity contribution in [2.75, 3.05) is 24.3 Å². The van der Waals surface area contributed by atoms with Crippen LogP contribution in [0.3, 0.4) is 0 Å². The normalized spacial score (nSPS) is 10.8. The van der Waals surface area contributed by atoms with Crippen LogP contribution in [0, 0.1) is 10.1 Å². The van der Waals surface area contributed by atoms with Gasteiger partial charge in [0.2, 0.25) is 0 Å². The van der Waals surface area contributed by atoms with Crippen molar-refractivity contribution >= 4 is 35.0 Å². The summed E-state index contributed by atoms with van der Waals surface area (Å²) < 4.78 is 0. The van der Waals surface area contributed by atoms with Crippen molar-refractivity contribution in [3.05, 3.63) is 69.8 Å². The van der Waals surface area contributed by atoms with Crippen molar-refractivity contribution in [3.8, 4) is 0 Å². The number of nitro groups is 1. The number of nitrogens with zero attached hydrogens (tertiary/aromatic N) is 2. The summed E-state index contributed by atoms with van der Waals surface area (Å²) in [5, 5.41) is 16.7. The summed E-state index contributed by atoms with van der Waals surface area (Å²) in [7, 11) is 3.46. The van der Waals surface area contributed by atoms with Crippen molar-refractivity contribution in [2.45, 2.75) is 19.9 Å². The molecular weight excluding hydrogens is 372 g/mol. The van der Waals surface area contributed by atoms with Crippen LogP contribution in [0.15, 0.2) is 48.5 Å². The molecule has 2 N–H and O–H groups in total. The zero-order valence-electron chi connectivity index (χ0n) is 16.8. The van der Waals surface area contributed by atoms with Crippen LogP contribution < -0.4 is 15.5 Å². The number of urea groups is 1. The summed E-state index contributed by atoms with van der Waals surface area (Å²) in [6.07, 6.45) is 2.90. The van der Waals surface area contributed by atoms with E-state index in [1.807, 2.05) is 13.8 Å². The lowest BCUT2D eigenvalue weighted by atomic mass is 10.1. The van der Waals surface area contributed by atoms with Gasteiger partial charge in [-0.05, 0) is 55.8 Å². The maximum atomic E-state index is 12.4. The molecule has 0 aliphatic carbocycles. The van der Waals surface area contributed by atoms with Gasteiger partial charge < -0.3 is 15.5 Å². The quantitative estimate of drug-likeness (QED) is 0.317. The first-order valence-corrected chi connectivity index (χ1v) is 9.03. The predicted octanol–water partition coefficient (Wildman–Crippen LogP) is 4.09. The van der Waals surface area contributed by atoms with Crippen LogP contribution in [0.1, 0.15) is 29.8 Å². The average molecular weight is 396 g/mol. The zero-order chi connectivity index (χ0) is 21.6. The Hall–Kier alpha value is -3.68. The number of carbonyl (C=O) groups is 2. The monoisotopic (exact) mass is 396 g/mol. The number of anilines is 2. The first-order valence-electron chi connectivity index (χ1n) is 9.03. The molecule has 2 aromatic rings. The van der Waals surface area contributed by atoms with Crippen molar-refractivity contribution < 1.29 is 14.5 Å². The van der Waals surface area contributed by atoms with Crippen LogP contribution in [0.4, 0.5) is 21.9 Å². The molecule has 0 aliphatic heterocycles. The third-order valence-electron chi connectivity index (χ3n) is 3.95. The van der Waals surface area contributed by atoms with Crippen molar-refractivity contribution in [2.24, 2.45) is 0 Å². The highest BCUT2D eigenvalue weighted by Gasteiger charge is 2.15. The highest BCUT2D eigenvalue weighted by Crippen LogP contribution is 2.28. The lowest BCUT2D eigenvalue weighted by molar-refractivity contribution is -0.384. The summed E-state index contributed by atoms with van der Waals surface area (Å²) in [6, 6.07) is 11.0. The molecule has 0 saturated carbocycles. The van der Waals surface area contributed by atoms with E-state index in [4.69, 9.17) is 0 Å². The number of carbonyl (C=O) groups excluding carboxylic acids is 2. The molecule has 0 fully saturated rings. The molecule has 0 heterocycles. The van der Waals surface area contributed by atoms with Gasteiger partial charge in [-0.1, -0.05) is 12.1 Å². The maximum Gasteiger partial charge on any atom is 0.319 e. The minimum Gasteiger partial charge on any atom is -0.372 e. The smallest absolute Gasteiger partial charge is 0.319 e. The Labute approximate surface area is 169 Å². The predicted molar refractivity (Wildman–Crippen MR) is 115 cm³/mol. The second kappa shape index (κ2) is 9.50. The molecule has 0 spiro atoms. The van der Waals surface area contributed by atoms with E-state index in [1.165, 1.54) is 18.2 Å². The minimum absolute atomic E-state index is 0.0172. The third kappa shape index (κ3) is 6.17. The van der Waals surface area contributed by atoms with Gasteiger partial charge in [0.05, 0.1) is 4.92 Å². The molecule has 29 heavy (non-hydrogen) atoms. The van der Waals surface area contributed by atoms with Crippen LogP contribution >= 0.6 is 0 Å². The lowest BCUT2D eigenvalue weighted by Crippen LogP contribution is -2.34. The second-order valence-corrected chi connectivity index (χ2v) is 6.93. The fourth-order valence-corrected chi connectivity index (χ4v) is 2.58. The number of allylic oxidation sites excluding steroid dienone is 1. The molecule has 0 aliphatic rings. The van der Waals surface area contributed by atoms with Gasteiger partial charge in [-0.15, -0.1) is 0 Å². The number of nitro benzene ring substituents is 1. The zero-order valence-corrected chi connectivity index (χ0v) is 16.8. The van der Waals surface area contributed by atoms with Gasteiger partial charge in [0.1, 0.15) is 5.69 Å². The molecule has 8 nitrogen and oxygen atoms in total. The Morgan fingerprint density at radius 3 is 2.31 bits per heavy atom. The molecule has 0 unspecified atom stereocenters. The Balaban J connectivity index is 2.10. The summed E-state index contributed by atoms with van der Waals surface area (Å²) in [5.41, 5.74) is 2.02. The van der Waals surface area contributed by atoms with E-state index in [0.29, 0.717) is 22.5 Å². The summed E-state index contributed by atoms with van der Waals surface area (Å²) >= 11 is 0. The number of nitrogens with one attached hydrogen (secondary N) is 2. The molecule has 2 aromatic carbocycles. The molecule has 0 radical (unpaired) electrons. The molecule has 152 valence electrons. The first-order chi connectivity index (χ1) is 13.7. The molecule has 8 heteroatoms. The van der Waals surface area contributed by atoms with Gasteiger partial charge in [-0.3, -0.25) is 14.9 Å². The number of hydrogen-bond donors (Lipinski definition) is 2. The van der Waals surface area contributed by atoms with Gasteiger partial charge in [0.25, 0.3) is 5.69 Å². The second-order valence-electron chi connectivity index (χ2n) is 6.93. The van der Waals surface area contributed by atoms with Crippen LogP contribution in [-0.4, -0.2) is 36.9 Å². The molecule has 2 rings (SSSR count). The van der Waals surface area contributed by atoms with Crippen LogP contribution in [0.25, 0.3) is 6.08 Å². The molecule has 0 saturated heterocycles. The van der Waals surface area contributed by atoms with Gasteiger partial charge in [0, 0.05) is 37.5 Å². The number of benzene rings is 2. The number of hydrogen-bond acceptors (Lipinski definition) is 5. The van der Waals surface area contributed by atoms with Crippen LogP contribution in [0.2, 0.25) is 0 Å². The van der Waals surface area contributed by atoms with Gasteiger partial charge in [0.15, 0.2) is 5.78 Å². The van der Waals surface area contributed by atoms with Crippen LogP contribution in [0.5, 0.6) is 0 Å². The summed E-state index contributed by atoms with van der Waals surface area (Å²) in [5.74, 6) is -0.248. The molecule has 0 atom stereocenters. The van der Waals surface area contributed by atoms with E-state index in [-0.39, 0.29) is 23.5 Å². The SMILES string of the molecule is CC(C)NC(=O)Nc1ccc(C(=O)/C=C/c2ccc(N(C)C)c([N+](=O)[O-])c2)cc1. The van der Waals surface area contributed by atoms with E-state index in [0.717, 1.165) is 0 Å². The fourth-order valence-electron chi connectivity index (χ4n) is 2.58. The number of ketones is 1. The van der Waals surface area contributed by atoms with Crippen molar-refractivity contribution in [3.63, 3.8) is 0 Å². The van der Waals surface area contributed by atoms with Gasteiger partial charge in [-0.25, -0.2) is 4.79 Å². The van der Waals surface area contributed by atoms with E-state index >= 15 is 0 Å². The van der Waals surface area contributed by atoms with Crippen LogP contribution in [-0.2, 0) is 0 Å². The number of rotatable bonds is 7. The largest absolute Gasteiger partial charge is 0.372 e. The molecular formula is C21H24N4O4. The fraction of sp³-hybridized carbons (Fsp3) is 0.238. The maximum absolute atomic E-state index is 12.4. The molecule has 2 amide bonds. The van der Waals surface area contributed by atoms with Crippen molar-refractivity contribution in [1.82, 2.24) is 5.32 Å². The lowest BCUT2D eigenvalue weighted by Gasteiger charge is -2.12. The van der Waals surface area contributed by atoms with E-state index in [9.17, 15) is 19.7 Å². The highest BCUT2D eigenvalue weighted by atomic mass is 16.6. The number of amides is 2. The summed E-state index contributed by atoms with van der Waals surface area (Å²) in [4.78, 5) is 36.5. The van der Waals surface area contributed by atoms with Crippen molar-refractivity contribution in [1.29, 1.82) is 0 Å². The van der Waals surface area contributed by atoms with Gasteiger partial charge in [-0.2, -0.15) is 0 Å².